The minimum absolute atomic E-state index is 0.151. The maximum atomic E-state index is 12.3. The number of nitrogens with zero attached hydrogens (tertiary/aromatic N) is 2. The number of nitrogens with one attached hydrogen (secondary N) is 3. The van der Waals surface area contributed by atoms with E-state index in [1.165, 1.54) is 5.56 Å². The summed E-state index contributed by atoms with van der Waals surface area (Å²) in [7, 11) is 0. The van der Waals surface area contributed by atoms with Crippen molar-refractivity contribution in [1.82, 2.24) is 19.9 Å². The van der Waals surface area contributed by atoms with Crippen molar-refractivity contribution in [2.45, 2.75) is 6.92 Å². The van der Waals surface area contributed by atoms with Gasteiger partial charge in [0, 0.05) is 28.9 Å². The fraction of sp³-hybridized carbons (Fsp3) is 0.0500. The maximum Gasteiger partial charge on any atom is 0.272 e. The van der Waals surface area contributed by atoms with Crippen LogP contribution in [0, 0.1) is 6.92 Å². The quantitative estimate of drug-likeness (QED) is 0.453. The molecule has 0 saturated heterocycles. The molecule has 0 amide bonds. The van der Waals surface area contributed by atoms with Gasteiger partial charge in [0.05, 0.1) is 22.6 Å². The summed E-state index contributed by atoms with van der Waals surface area (Å²) in [6.45, 7) is 2.05. The zero-order valence-corrected chi connectivity index (χ0v) is 14.0. The summed E-state index contributed by atoms with van der Waals surface area (Å²) in [6, 6.07) is 11.9. The summed E-state index contributed by atoms with van der Waals surface area (Å²) in [5.41, 5.74) is 4.15. The van der Waals surface area contributed by atoms with Gasteiger partial charge >= 0.3 is 0 Å². The van der Waals surface area contributed by atoms with Gasteiger partial charge in [0.25, 0.3) is 5.56 Å². The molecule has 5 rings (SSSR count). The Morgan fingerprint density at radius 2 is 1.85 bits per heavy atom. The smallest absolute Gasteiger partial charge is 0.272 e. The van der Waals surface area contributed by atoms with Gasteiger partial charge in [-0.05, 0) is 31.2 Å². The molecule has 26 heavy (non-hydrogen) atoms. The van der Waals surface area contributed by atoms with Crippen LogP contribution < -0.4 is 10.9 Å². The van der Waals surface area contributed by atoms with Gasteiger partial charge in [-0.15, -0.1) is 0 Å². The van der Waals surface area contributed by atoms with Gasteiger partial charge in [-0.2, -0.15) is 0 Å². The first-order valence-corrected chi connectivity index (χ1v) is 8.31. The van der Waals surface area contributed by atoms with Crippen LogP contribution in [0.15, 0.2) is 59.8 Å². The maximum absolute atomic E-state index is 12.3. The number of aromatic amines is 2. The zero-order valence-electron chi connectivity index (χ0n) is 14.0. The first-order valence-electron chi connectivity index (χ1n) is 8.31. The molecule has 0 aliphatic rings. The van der Waals surface area contributed by atoms with Crippen LogP contribution in [-0.2, 0) is 0 Å². The van der Waals surface area contributed by atoms with E-state index in [2.05, 4.69) is 20.3 Å². The highest BCUT2D eigenvalue weighted by molar-refractivity contribution is 6.20. The molecule has 6 heteroatoms. The average Bonchev–Trinajstić information content (AvgIpc) is 3.05. The molecule has 0 atom stereocenters. The number of H-pyrrole nitrogens is 2. The monoisotopic (exact) mass is 341 g/mol. The van der Waals surface area contributed by atoms with Crippen molar-refractivity contribution in [3.63, 3.8) is 0 Å². The molecular formula is C20H15N5O. The molecule has 6 nitrogen and oxygen atoms in total. The summed E-state index contributed by atoms with van der Waals surface area (Å²) in [6.07, 6.45) is 5.11. The van der Waals surface area contributed by atoms with Crippen LogP contribution in [0.5, 0.6) is 0 Å². The summed E-state index contributed by atoms with van der Waals surface area (Å²) in [5, 5.41) is 6.05. The molecule has 3 N–H and O–H groups in total. The van der Waals surface area contributed by atoms with Gasteiger partial charge in [0.15, 0.2) is 0 Å². The van der Waals surface area contributed by atoms with Crippen LogP contribution in [0.25, 0.3) is 32.7 Å². The molecule has 126 valence electrons. The molecule has 0 fully saturated rings. The van der Waals surface area contributed by atoms with Crippen LogP contribution in [0.1, 0.15) is 5.56 Å². The van der Waals surface area contributed by atoms with Crippen LogP contribution >= 0.6 is 0 Å². The first kappa shape index (κ1) is 14.7. The predicted octanol–water partition coefficient (Wildman–Crippen LogP) is 4.00. The van der Waals surface area contributed by atoms with Crippen molar-refractivity contribution >= 4 is 44.2 Å². The SMILES string of the molecule is Cc1ccc(Nc2nc3cnccc3c3[nH]c4c(=O)[nH]ccc4c23)cc1. The Labute approximate surface area is 147 Å². The highest BCUT2D eigenvalue weighted by Crippen LogP contribution is 2.34. The van der Waals surface area contributed by atoms with Crippen molar-refractivity contribution in [2.24, 2.45) is 0 Å². The van der Waals surface area contributed by atoms with Gasteiger partial charge in [-0.25, -0.2) is 4.98 Å². The third-order valence-corrected chi connectivity index (χ3v) is 4.58. The second-order valence-electron chi connectivity index (χ2n) is 6.31. The van der Waals surface area contributed by atoms with E-state index in [-0.39, 0.29) is 5.56 Å². The van der Waals surface area contributed by atoms with E-state index in [0.717, 1.165) is 32.9 Å². The first-order chi connectivity index (χ1) is 12.7. The number of aryl methyl sites for hydroxylation is 1. The number of anilines is 2. The highest BCUT2D eigenvalue weighted by Gasteiger charge is 2.16. The summed E-state index contributed by atoms with van der Waals surface area (Å²) >= 11 is 0. The highest BCUT2D eigenvalue weighted by atomic mass is 16.1. The topological polar surface area (TPSA) is 86.5 Å². The van der Waals surface area contributed by atoms with Gasteiger partial charge in [-0.3, -0.25) is 9.78 Å². The number of aromatic nitrogens is 4. The van der Waals surface area contributed by atoms with Crippen molar-refractivity contribution < 1.29 is 0 Å². The normalized spacial score (nSPS) is 11.4. The van der Waals surface area contributed by atoms with Gasteiger partial charge in [0.1, 0.15) is 11.3 Å². The molecule has 4 aromatic heterocycles. The molecule has 0 spiro atoms. The lowest BCUT2D eigenvalue weighted by Crippen LogP contribution is -2.03. The van der Waals surface area contributed by atoms with Gasteiger partial charge in [0.2, 0.25) is 0 Å². The molecule has 0 saturated carbocycles. The third kappa shape index (κ3) is 2.16. The minimum atomic E-state index is -0.151. The molecule has 5 aromatic rings. The summed E-state index contributed by atoms with van der Waals surface area (Å²) in [5.74, 6) is 0.696. The number of fused-ring (bicyclic) bond motifs is 5. The molecule has 0 aliphatic carbocycles. The standard InChI is InChI=1S/C20H15N5O/c1-11-2-4-12(5-3-11)23-19-16-14-7-9-22-20(26)18(14)25-17(16)13-6-8-21-10-15(13)24-19/h2-10,25H,1H3,(H,22,26)(H,23,24). The van der Waals surface area contributed by atoms with E-state index in [9.17, 15) is 4.79 Å². The van der Waals surface area contributed by atoms with E-state index in [4.69, 9.17) is 4.98 Å². The minimum Gasteiger partial charge on any atom is -0.349 e. The van der Waals surface area contributed by atoms with Crippen LogP contribution in [-0.4, -0.2) is 19.9 Å². The van der Waals surface area contributed by atoms with E-state index in [0.29, 0.717) is 11.3 Å². The number of rotatable bonds is 2. The molecule has 1 aromatic carbocycles. The Kier molecular flexibility index (Phi) is 3.05. The largest absolute Gasteiger partial charge is 0.349 e. The number of benzene rings is 1. The number of pyridine rings is 3. The lowest BCUT2D eigenvalue weighted by molar-refractivity contribution is 1.26. The van der Waals surface area contributed by atoms with Crippen LogP contribution in [0.2, 0.25) is 0 Å². The number of hydrogen-bond donors (Lipinski definition) is 3. The molecule has 4 heterocycles. The fourth-order valence-corrected chi connectivity index (χ4v) is 3.31. The van der Waals surface area contributed by atoms with E-state index < -0.39 is 0 Å². The lowest BCUT2D eigenvalue weighted by atomic mass is 10.1. The second kappa shape index (κ2) is 5.42. The zero-order chi connectivity index (χ0) is 17.7. The Morgan fingerprint density at radius 1 is 1.00 bits per heavy atom. The van der Waals surface area contributed by atoms with E-state index in [1.807, 2.05) is 43.3 Å². The molecule has 0 unspecified atom stereocenters. The Morgan fingerprint density at radius 3 is 2.69 bits per heavy atom. The van der Waals surface area contributed by atoms with Crippen molar-refractivity contribution in [2.75, 3.05) is 5.32 Å². The van der Waals surface area contributed by atoms with Crippen molar-refractivity contribution in [3.05, 3.63) is 70.9 Å². The third-order valence-electron chi connectivity index (χ3n) is 4.58. The molecular weight excluding hydrogens is 326 g/mol. The Hall–Kier alpha value is -3.67. The second-order valence-corrected chi connectivity index (χ2v) is 6.31. The Balaban J connectivity index is 1.88. The summed E-state index contributed by atoms with van der Waals surface area (Å²) in [4.78, 5) is 27.2. The van der Waals surface area contributed by atoms with Gasteiger partial charge in [-0.1, -0.05) is 17.7 Å². The van der Waals surface area contributed by atoms with Gasteiger partial charge < -0.3 is 15.3 Å². The fourth-order valence-electron chi connectivity index (χ4n) is 3.31. The van der Waals surface area contributed by atoms with E-state index in [1.54, 1.807) is 18.6 Å². The molecule has 0 aliphatic heterocycles. The van der Waals surface area contributed by atoms with Crippen molar-refractivity contribution in [3.8, 4) is 0 Å². The summed E-state index contributed by atoms with van der Waals surface area (Å²) < 4.78 is 0. The lowest BCUT2D eigenvalue weighted by Gasteiger charge is -2.10. The van der Waals surface area contributed by atoms with Crippen LogP contribution in [0.3, 0.4) is 0 Å². The van der Waals surface area contributed by atoms with Crippen molar-refractivity contribution in [1.29, 1.82) is 0 Å². The van der Waals surface area contributed by atoms with Crippen LogP contribution in [0.4, 0.5) is 11.5 Å². The number of hydrogen-bond acceptors (Lipinski definition) is 4. The molecule has 0 radical (unpaired) electrons. The molecule has 0 bridgehead atoms. The predicted molar refractivity (Wildman–Crippen MR) is 104 cm³/mol. The average molecular weight is 341 g/mol. The van der Waals surface area contributed by atoms with E-state index >= 15 is 0 Å². The Bertz CT molecular complexity index is 1330.